The van der Waals surface area contributed by atoms with E-state index in [1.54, 1.807) is 36.5 Å². The standard InChI is InChI=1S/C18H10F5N3S/c19-14-7-17(15(20)6-13(14)18(21,22)23)26-27-12-5-16(25-9-12)11-3-1-2-10(4-11)8-24/h1-7,9,25-26H. The highest BCUT2D eigenvalue weighted by atomic mass is 32.2. The lowest BCUT2D eigenvalue weighted by atomic mass is 10.1. The van der Waals surface area contributed by atoms with Crippen molar-refractivity contribution >= 4 is 17.6 Å². The number of H-pyrrole nitrogens is 1. The molecular formula is C18H10F5N3S. The predicted molar refractivity (Wildman–Crippen MR) is 91.8 cm³/mol. The summed E-state index contributed by atoms with van der Waals surface area (Å²) >= 11 is 0.901. The van der Waals surface area contributed by atoms with Crippen molar-refractivity contribution in [2.24, 2.45) is 0 Å². The van der Waals surface area contributed by atoms with Crippen molar-refractivity contribution < 1.29 is 22.0 Å². The number of hydrogen-bond donors (Lipinski definition) is 2. The molecule has 0 saturated heterocycles. The van der Waals surface area contributed by atoms with Gasteiger partial charge in [0.05, 0.1) is 22.9 Å². The molecule has 0 fully saturated rings. The molecule has 0 radical (unpaired) electrons. The monoisotopic (exact) mass is 395 g/mol. The van der Waals surface area contributed by atoms with Crippen molar-refractivity contribution in [2.45, 2.75) is 11.1 Å². The third-order valence-corrected chi connectivity index (χ3v) is 4.39. The van der Waals surface area contributed by atoms with Gasteiger partial charge in [-0.2, -0.15) is 18.4 Å². The Balaban J connectivity index is 1.76. The van der Waals surface area contributed by atoms with Gasteiger partial charge in [-0.3, -0.25) is 0 Å². The van der Waals surface area contributed by atoms with E-state index in [-0.39, 0.29) is 6.07 Å². The molecule has 27 heavy (non-hydrogen) atoms. The lowest BCUT2D eigenvalue weighted by Crippen LogP contribution is -2.09. The Morgan fingerprint density at radius 1 is 1.04 bits per heavy atom. The fraction of sp³-hybridized carbons (Fsp3) is 0.0556. The van der Waals surface area contributed by atoms with Crippen LogP contribution in [0.2, 0.25) is 0 Å². The second-order valence-electron chi connectivity index (χ2n) is 5.46. The number of aromatic amines is 1. The van der Waals surface area contributed by atoms with Crippen molar-refractivity contribution in [3.05, 3.63) is 71.4 Å². The molecule has 0 amide bonds. The number of halogens is 5. The molecule has 1 aromatic heterocycles. The first kappa shape index (κ1) is 18.8. The lowest BCUT2D eigenvalue weighted by molar-refractivity contribution is -0.140. The zero-order chi connectivity index (χ0) is 19.6. The first-order chi connectivity index (χ1) is 12.8. The summed E-state index contributed by atoms with van der Waals surface area (Å²) in [7, 11) is 0. The molecule has 0 bridgehead atoms. The minimum atomic E-state index is -4.97. The van der Waals surface area contributed by atoms with Crippen LogP contribution in [0.4, 0.5) is 27.6 Å². The maximum absolute atomic E-state index is 13.8. The van der Waals surface area contributed by atoms with Gasteiger partial charge in [-0.1, -0.05) is 12.1 Å². The number of hydrogen-bond acceptors (Lipinski definition) is 3. The summed E-state index contributed by atoms with van der Waals surface area (Å²) < 4.78 is 67.6. The number of anilines is 1. The van der Waals surface area contributed by atoms with Crippen LogP contribution in [0, 0.1) is 23.0 Å². The van der Waals surface area contributed by atoms with E-state index in [0.717, 1.165) is 17.5 Å². The molecule has 3 aromatic rings. The smallest absolute Gasteiger partial charge is 0.360 e. The van der Waals surface area contributed by atoms with Gasteiger partial charge < -0.3 is 9.71 Å². The van der Waals surface area contributed by atoms with Gasteiger partial charge in [-0.25, -0.2) is 8.78 Å². The maximum atomic E-state index is 13.8. The minimum Gasteiger partial charge on any atom is -0.360 e. The van der Waals surface area contributed by atoms with Crippen LogP contribution in [0.25, 0.3) is 11.3 Å². The summed E-state index contributed by atoms with van der Waals surface area (Å²) in [5.41, 5.74) is -0.128. The molecule has 1 heterocycles. The number of nitrogens with one attached hydrogen (secondary N) is 2. The van der Waals surface area contributed by atoms with Crippen molar-refractivity contribution in [3.8, 4) is 17.3 Å². The quantitative estimate of drug-likeness (QED) is 0.423. The number of nitrogens with zero attached hydrogens (tertiary/aromatic N) is 1. The van der Waals surface area contributed by atoms with E-state index in [9.17, 15) is 22.0 Å². The van der Waals surface area contributed by atoms with Crippen molar-refractivity contribution in [1.82, 2.24) is 4.98 Å². The largest absolute Gasteiger partial charge is 0.419 e. The molecular weight excluding hydrogens is 385 g/mol. The third-order valence-electron chi connectivity index (χ3n) is 3.60. The van der Waals surface area contributed by atoms with Gasteiger partial charge in [0.25, 0.3) is 0 Å². The van der Waals surface area contributed by atoms with Crippen LogP contribution in [-0.4, -0.2) is 4.98 Å². The van der Waals surface area contributed by atoms with E-state index in [2.05, 4.69) is 9.71 Å². The van der Waals surface area contributed by atoms with Gasteiger partial charge in [-0.05, 0) is 41.8 Å². The maximum Gasteiger partial charge on any atom is 0.419 e. The summed E-state index contributed by atoms with van der Waals surface area (Å²) in [6.45, 7) is 0. The zero-order valence-corrected chi connectivity index (χ0v) is 14.2. The second-order valence-corrected chi connectivity index (χ2v) is 6.34. The normalized spacial score (nSPS) is 11.3. The molecule has 3 nitrogen and oxygen atoms in total. The predicted octanol–water partition coefficient (Wildman–Crippen LogP) is 5.97. The summed E-state index contributed by atoms with van der Waals surface area (Å²) in [5.74, 6) is -2.77. The Labute approximate surface area is 155 Å². The highest BCUT2D eigenvalue weighted by Gasteiger charge is 2.35. The highest BCUT2D eigenvalue weighted by Crippen LogP contribution is 2.35. The van der Waals surface area contributed by atoms with Gasteiger partial charge in [0, 0.05) is 22.9 Å². The summed E-state index contributed by atoms with van der Waals surface area (Å²) in [5, 5.41) is 8.93. The number of alkyl halides is 3. The number of nitriles is 1. The average molecular weight is 395 g/mol. The molecule has 138 valence electrons. The van der Waals surface area contributed by atoms with Crippen molar-refractivity contribution in [3.63, 3.8) is 0 Å². The molecule has 0 aliphatic heterocycles. The van der Waals surface area contributed by atoms with Crippen LogP contribution in [0.3, 0.4) is 0 Å². The van der Waals surface area contributed by atoms with E-state index < -0.39 is 29.1 Å². The van der Waals surface area contributed by atoms with Crippen molar-refractivity contribution in [1.29, 1.82) is 5.26 Å². The molecule has 9 heteroatoms. The van der Waals surface area contributed by atoms with Crippen molar-refractivity contribution in [2.75, 3.05) is 4.72 Å². The molecule has 2 aromatic carbocycles. The van der Waals surface area contributed by atoms with Crippen LogP contribution in [0.5, 0.6) is 0 Å². The minimum absolute atomic E-state index is 0.119. The molecule has 0 aliphatic carbocycles. The van der Waals surface area contributed by atoms with Crippen LogP contribution in [0.1, 0.15) is 11.1 Å². The first-order valence-electron chi connectivity index (χ1n) is 7.46. The zero-order valence-electron chi connectivity index (χ0n) is 13.4. The number of benzene rings is 2. The Bertz CT molecular complexity index is 1020. The van der Waals surface area contributed by atoms with E-state index >= 15 is 0 Å². The highest BCUT2D eigenvalue weighted by molar-refractivity contribution is 8.00. The van der Waals surface area contributed by atoms with E-state index in [1.807, 2.05) is 6.07 Å². The fourth-order valence-corrected chi connectivity index (χ4v) is 2.99. The van der Waals surface area contributed by atoms with Gasteiger partial charge >= 0.3 is 6.18 Å². The van der Waals surface area contributed by atoms with Gasteiger partial charge in [0.15, 0.2) is 0 Å². The lowest BCUT2D eigenvalue weighted by Gasteiger charge is -2.11. The van der Waals surface area contributed by atoms with Crippen LogP contribution >= 0.6 is 11.9 Å². The molecule has 0 atom stereocenters. The van der Waals surface area contributed by atoms with Crippen LogP contribution in [0.15, 0.2) is 53.6 Å². The van der Waals surface area contributed by atoms with E-state index in [4.69, 9.17) is 5.26 Å². The fourth-order valence-electron chi connectivity index (χ4n) is 2.31. The molecule has 0 aliphatic rings. The Morgan fingerprint density at radius 2 is 1.81 bits per heavy atom. The Morgan fingerprint density at radius 3 is 2.52 bits per heavy atom. The van der Waals surface area contributed by atoms with Crippen LogP contribution in [-0.2, 0) is 6.18 Å². The number of rotatable bonds is 4. The third kappa shape index (κ3) is 4.23. The second kappa shape index (κ2) is 7.32. The molecule has 2 N–H and O–H groups in total. The topological polar surface area (TPSA) is 51.6 Å². The molecule has 0 spiro atoms. The summed E-state index contributed by atoms with van der Waals surface area (Å²) in [4.78, 5) is 3.57. The van der Waals surface area contributed by atoms with Crippen LogP contribution < -0.4 is 4.72 Å². The molecule has 0 unspecified atom stereocenters. The Kier molecular flexibility index (Phi) is 5.10. The summed E-state index contributed by atoms with van der Waals surface area (Å²) in [6.07, 6.45) is -3.38. The molecule has 0 saturated carbocycles. The first-order valence-corrected chi connectivity index (χ1v) is 8.27. The van der Waals surface area contributed by atoms with E-state index in [1.165, 1.54) is 0 Å². The molecule has 3 rings (SSSR count). The van der Waals surface area contributed by atoms with Gasteiger partial charge in [0.2, 0.25) is 0 Å². The SMILES string of the molecule is N#Cc1cccc(-c2cc(SNc3cc(F)c(C(F)(F)F)cc3F)c[nH]2)c1. The summed E-state index contributed by atoms with van der Waals surface area (Å²) in [6, 6.07) is 11.2. The van der Waals surface area contributed by atoms with Gasteiger partial charge in [0.1, 0.15) is 11.6 Å². The van der Waals surface area contributed by atoms with E-state index in [0.29, 0.717) is 22.2 Å². The Hall–Kier alpha value is -2.99. The average Bonchev–Trinajstić information content (AvgIpc) is 3.10. The number of aromatic nitrogens is 1. The van der Waals surface area contributed by atoms with Gasteiger partial charge in [-0.15, -0.1) is 0 Å².